The third-order valence-corrected chi connectivity index (χ3v) is 4.25. The maximum Gasteiger partial charge on any atom is 0.256 e. The van der Waals surface area contributed by atoms with Crippen molar-refractivity contribution in [1.82, 2.24) is 10.3 Å². The van der Waals surface area contributed by atoms with Crippen molar-refractivity contribution in [3.63, 3.8) is 0 Å². The first-order valence-electron chi connectivity index (χ1n) is 8.71. The fourth-order valence-electron chi connectivity index (χ4n) is 2.85. The lowest BCUT2D eigenvalue weighted by atomic mass is 10.1. The van der Waals surface area contributed by atoms with Crippen LogP contribution in [0.5, 0.6) is 5.75 Å². The van der Waals surface area contributed by atoms with Gasteiger partial charge in [0.05, 0.1) is 17.4 Å². The SMILES string of the molecule is Cc1oc2ccc(OCc3ccccn3)cc2c1C(=O)N[C@H](C(N)=O)[C@@H](C)O. The highest BCUT2D eigenvalue weighted by Gasteiger charge is 2.27. The van der Waals surface area contributed by atoms with E-state index in [2.05, 4.69) is 10.3 Å². The van der Waals surface area contributed by atoms with E-state index < -0.39 is 24.0 Å². The van der Waals surface area contributed by atoms with Gasteiger partial charge in [-0.3, -0.25) is 14.6 Å². The molecule has 0 aliphatic heterocycles. The molecule has 0 saturated heterocycles. The number of benzene rings is 1. The summed E-state index contributed by atoms with van der Waals surface area (Å²) in [5.41, 5.74) is 6.77. The maximum absolute atomic E-state index is 12.7. The summed E-state index contributed by atoms with van der Waals surface area (Å²) in [6, 6.07) is 9.45. The van der Waals surface area contributed by atoms with Gasteiger partial charge in [-0.1, -0.05) is 6.07 Å². The number of hydrogen-bond donors (Lipinski definition) is 3. The molecule has 0 fully saturated rings. The van der Waals surface area contributed by atoms with E-state index in [4.69, 9.17) is 14.9 Å². The van der Waals surface area contributed by atoms with Gasteiger partial charge < -0.3 is 25.3 Å². The molecule has 0 saturated carbocycles. The number of nitrogens with one attached hydrogen (secondary N) is 1. The highest BCUT2D eigenvalue weighted by atomic mass is 16.5. The van der Waals surface area contributed by atoms with Crippen LogP contribution in [-0.2, 0) is 11.4 Å². The summed E-state index contributed by atoms with van der Waals surface area (Å²) in [4.78, 5) is 28.4. The molecule has 2 heterocycles. The number of furan rings is 1. The predicted octanol–water partition coefficient (Wildman–Crippen LogP) is 1.68. The Morgan fingerprint density at radius 1 is 1.32 bits per heavy atom. The van der Waals surface area contributed by atoms with Crippen LogP contribution in [0.1, 0.15) is 28.7 Å². The molecule has 3 rings (SSSR count). The summed E-state index contributed by atoms with van der Waals surface area (Å²) in [5, 5.41) is 12.7. The zero-order valence-corrected chi connectivity index (χ0v) is 15.5. The van der Waals surface area contributed by atoms with Gasteiger partial charge >= 0.3 is 0 Å². The fraction of sp³-hybridized carbons (Fsp3) is 0.250. The van der Waals surface area contributed by atoms with Crippen LogP contribution >= 0.6 is 0 Å². The number of rotatable bonds is 7. The summed E-state index contributed by atoms with van der Waals surface area (Å²) in [7, 11) is 0. The second kappa shape index (κ2) is 8.10. The molecule has 2 atom stereocenters. The van der Waals surface area contributed by atoms with Gasteiger partial charge in [-0.05, 0) is 44.2 Å². The summed E-state index contributed by atoms with van der Waals surface area (Å²) in [5.74, 6) is -0.478. The molecule has 8 heteroatoms. The molecule has 2 amide bonds. The zero-order valence-electron chi connectivity index (χ0n) is 15.5. The first-order chi connectivity index (χ1) is 13.4. The minimum Gasteiger partial charge on any atom is -0.487 e. The number of aryl methyl sites for hydroxylation is 1. The van der Waals surface area contributed by atoms with Crippen LogP contribution in [0.2, 0.25) is 0 Å². The van der Waals surface area contributed by atoms with Crippen LogP contribution in [-0.4, -0.2) is 34.1 Å². The Morgan fingerprint density at radius 3 is 2.75 bits per heavy atom. The number of carbonyl (C=O) groups is 2. The molecule has 28 heavy (non-hydrogen) atoms. The first kappa shape index (κ1) is 19.4. The van der Waals surface area contributed by atoms with Crippen molar-refractivity contribution in [3.8, 4) is 5.75 Å². The number of nitrogens with zero attached hydrogens (tertiary/aromatic N) is 1. The molecular weight excluding hydrogens is 362 g/mol. The topological polar surface area (TPSA) is 128 Å². The lowest BCUT2D eigenvalue weighted by molar-refractivity contribution is -0.122. The Hall–Kier alpha value is -3.39. The third-order valence-electron chi connectivity index (χ3n) is 4.25. The van der Waals surface area contributed by atoms with Crippen molar-refractivity contribution in [1.29, 1.82) is 0 Å². The largest absolute Gasteiger partial charge is 0.487 e. The zero-order chi connectivity index (χ0) is 20.3. The average molecular weight is 383 g/mol. The van der Waals surface area contributed by atoms with Crippen molar-refractivity contribution in [2.75, 3.05) is 0 Å². The predicted molar refractivity (Wildman–Crippen MR) is 102 cm³/mol. The molecule has 0 radical (unpaired) electrons. The number of aliphatic hydroxyl groups is 1. The van der Waals surface area contributed by atoms with E-state index in [1.807, 2.05) is 18.2 Å². The third kappa shape index (κ3) is 4.12. The molecule has 4 N–H and O–H groups in total. The summed E-state index contributed by atoms with van der Waals surface area (Å²) < 4.78 is 11.4. The summed E-state index contributed by atoms with van der Waals surface area (Å²) >= 11 is 0. The number of primary amides is 1. The van der Waals surface area contributed by atoms with E-state index in [1.165, 1.54) is 6.92 Å². The number of fused-ring (bicyclic) bond motifs is 1. The molecule has 3 aromatic rings. The van der Waals surface area contributed by atoms with Gasteiger partial charge in [-0.2, -0.15) is 0 Å². The number of hydrogen-bond acceptors (Lipinski definition) is 6. The average Bonchev–Trinajstić information content (AvgIpc) is 2.99. The molecule has 0 aliphatic carbocycles. The number of nitrogens with two attached hydrogens (primary N) is 1. The molecule has 0 bridgehead atoms. The minimum absolute atomic E-state index is 0.255. The standard InChI is InChI=1S/C20H21N3O5/c1-11(24)18(19(21)25)23-20(26)17-12(2)28-16-7-6-14(9-15(16)17)27-10-13-5-3-4-8-22-13/h3-9,11,18,24H,10H2,1-2H3,(H2,21,25)(H,23,26)/t11-,18+/m1/s1. The van der Waals surface area contributed by atoms with E-state index in [9.17, 15) is 14.7 Å². The molecule has 0 unspecified atom stereocenters. The molecule has 146 valence electrons. The fourth-order valence-corrected chi connectivity index (χ4v) is 2.85. The van der Waals surface area contributed by atoms with Crippen LogP contribution in [0, 0.1) is 6.92 Å². The maximum atomic E-state index is 12.7. The molecule has 0 spiro atoms. The Labute approximate surface area is 161 Å². The van der Waals surface area contributed by atoms with Gasteiger partial charge in [0.2, 0.25) is 5.91 Å². The van der Waals surface area contributed by atoms with Crippen LogP contribution in [0.25, 0.3) is 11.0 Å². The Balaban J connectivity index is 1.86. The molecule has 8 nitrogen and oxygen atoms in total. The van der Waals surface area contributed by atoms with Crippen LogP contribution in [0.3, 0.4) is 0 Å². The van der Waals surface area contributed by atoms with Crippen LogP contribution in [0.15, 0.2) is 47.0 Å². The summed E-state index contributed by atoms with van der Waals surface area (Å²) in [6.45, 7) is 3.29. The van der Waals surface area contributed by atoms with Crippen molar-refractivity contribution < 1.29 is 23.8 Å². The minimum atomic E-state index is -1.21. The Kier molecular flexibility index (Phi) is 5.60. The number of aromatic nitrogens is 1. The number of pyridine rings is 1. The van der Waals surface area contributed by atoms with E-state index in [1.54, 1.807) is 31.3 Å². The van der Waals surface area contributed by atoms with E-state index in [0.29, 0.717) is 22.5 Å². The molecule has 0 aliphatic rings. The lowest BCUT2D eigenvalue weighted by Crippen LogP contribution is -2.50. The molecule has 1 aromatic carbocycles. The van der Waals surface area contributed by atoms with Gasteiger partial charge in [-0.25, -0.2) is 0 Å². The summed E-state index contributed by atoms with van der Waals surface area (Å²) in [6.07, 6.45) is 0.554. The van der Waals surface area contributed by atoms with E-state index in [0.717, 1.165) is 5.69 Å². The van der Waals surface area contributed by atoms with Crippen molar-refractivity contribution >= 4 is 22.8 Å². The normalized spacial score (nSPS) is 13.1. The Bertz CT molecular complexity index is 998. The second-order valence-corrected chi connectivity index (χ2v) is 6.40. The number of ether oxygens (including phenoxy) is 1. The molecular formula is C20H21N3O5. The van der Waals surface area contributed by atoms with Crippen LogP contribution < -0.4 is 15.8 Å². The van der Waals surface area contributed by atoms with Crippen molar-refractivity contribution in [2.24, 2.45) is 5.73 Å². The first-order valence-corrected chi connectivity index (χ1v) is 8.71. The van der Waals surface area contributed by atoms with Crippen molar-refractivity contribution in [2.45, 2.75) is 32.6 Å². The highest BCUT2D eigenvalue weighted by Crippen LogP contribution is 2.29. The van der Waals surface area contributed by atoms with E-state index in [-0.39, 0.29) is 12.2 Å². The number of carbonyl (C=O) groups excluding carboxylic acids is 2. The van der Waals surface area contributed by atoms with Gasteiger partial charge in [0, 0.05) is 11.6 Å². The van der Waals surface area contributed by atoms with Gasteiger partial charge in [-0.15, -0.1) is 0 Å². The number of amides is 2. The lowest BCUT2D eigenvalue weighted by Gasteiger charge is -2.17. The van der Waals surface area contributed by atoms with Crippen molar-refractivity contribution in [3.05, 3.63) is 59.6 Å². The quantitative estimate of drug-likeness (QED) is 0.569. The molecule has 2 aromatic heterocycles. The number of aliphatic hydroxyl groups excluding tert-OH is 1. The second-order valence-electron chi connectivity index (χ2n) is 6.40. The van der Waals surface area contributed by atoms with Gasteiger partial charge in [0.25, 0.3) is 5.91 Å². The van der Waals surface area contributed by atoms with Gasteiger partial charge in [0.15, 0.2) is 0 Å². The highest BCUT2D eigenvalue weighted by molar-refractivity contribution is 6.08. The van der Waals surface area contributed by atoms with Crippen LogP contribution in [0.4, 0.5) is 0 Å². The smallest absolute Gasteiger partial charge is 0.256 e. The van der Waals surface area contributed by atoms with E-state index >= 15 is 0 Å². The Morgan fingerprint density at radius 2 is 2.11 bits per heavy atom. The van der Waals surface area contributed by atoms with Gasteiger partial charge in [0.1, 0.15) is 29.7 Å². The monoisotopic (exact) mass is 383 g/mol.